The van der Waals surface area contributed by atoms with Crippen LogP contribution in [-0.2, 0) is 10.2 Å². The first kappa shape index (κ1) is 14.8. The second-order valence-electron chi connectivity index (χ2n) is 4.51. The standard InChI is InChI=1S/C14H20Cl2O/c1-12-5-3-6-13(9-12)14(10-15,11-16)7-4-8-17-2/h3,5-6,9H,4,7-8,10-11H2,1-2H3. The van der Waals surface area contributed by atoms with Gasteiger partial charge in [-0.05, 0) is 25.3 Å². The van der Waals surface area contributed by atoms with Gasteiger partial charge >= 0.3 is 0 Å². The number of hydrogen-bond acceptors (Lipinski definition) is 1. The van der Waals surface area contributed by atoms with Crippen LogP contribution in [0.2, 0.25) is 0 Å². The number of alkyl halides is 2. The second-order valence-corrected chi connectivity index (χ2v) is 5.05. The van der Waals surface area contributed by atoms with Gasteiger partial charge in [-0.3, -0.25) is 0 Å². The predicted octanol–water partition coefficient (Wildman–Crippen LogP) is 4.14. The zero-order valence-electron chi connectivity index (χ0n) is 10.5. The van der Waals surface area contributed by atoms with Crippen molar-refractivity contribution in [2.24, 2.45) is 0 Å². The van der Waals surface area contributed by atoms with Crippen molar-refractivity contribution < 1.29 is 4.74 Å². The zero-order valence-corrected chi connectivity index (χ0v) is 12.0. The molecule has 0 unspecified atom stereocenters. The van der Waals surface area contributed by atoms with Gasteiger partial charge in [0, 0.05) is 30.9 Å². The molecule has 0 radical (unpaired) electrons. The van der Waals surface area contributed by atoms with Gasteiger partial charge in [0.25, 0.3) is 0 Å². The Balaban J connectivity index is 2.89. The molecule has 0 heterocycles. The van der Waals surface area contributed by atoms with Gasteiger partial charge in [-0.2, -0.15) is 0 Å². The Morgan fingerprint density at radius 3 is 2.47 bits per heavy atom. The molecule has 0 aliphatic heterocycles. The van der Waals surface area contributed by atoms with Crippen LogP contribution in [0, 0.1) is 6.92 Å². The van der Waals surface area contributed by atoms with Gasteiger partial charge in [0.05, 0.1) is 0 Å². The lowest BCUT2D eigenvalue weighted by molar-refractivity contribution is 0.186. The van der Waals surface area contributed by atoms with Crippen LogP contribution in [0.4, 0.5) is 0 Å². The highest BCUT2D eigenvalue weighted by Gasteiger charge is 2.30. The van der Waals surface area contributed by atoms with Crippen LogP contribution in [-0.4, -0.2) is 25.5 Å². The summed E-state index contributed by atoms with van der Waals surface area (Å²) < 4.78 is 5.10. The highest BCUT2D eigenvalue weighted by atomic mass is 35.5. The molecule has 0 aromatic heterocycles. The molecule has 0 atom stereocenters. The molecule has 0 saturated heterocycles. The average molecular weight is 275 g/mol. The topological polar surface area (TPSA) is 9.23 Å². The molecule has 1 rings (SSSR count). The average Bonchev–Trinajstić information content (AvgIpc) is 2.35. The lowest BCUT2D eigenvalue weighted by Gasteiger charge is -2.30. The van der Waals surface area contributed by atoms with Crippen molar-refractivity contribution >= 4 is 23.2 Å². The highest BCUT2D eigenvalue weighted by Crippen LogP contribution is 2.33. The van der Waals surface area contributed by atoms with Crippen LogP contribution < -0.4 is 0 Å². The Labute approximate surface area is 114 Å². The monoisotopic (exact) mass is 274 g/mol. The molecular formula is C14H20Cl2O. The maximum atomic E-state index is 6.16. The third-order valence-electron chi connectivity index (χ3n) is 3.15. The predicted molar refractivity (Wildman–Crippen MR) is 75.4 cm³/mol. The first-order valence-electron chi connectivity index (χ1n) is 5.86. The third kappa shape index (κ3) is 3.87. The fraction of sp³-hybridized carbons (Fsp3) is 0.571. The molecule has 0 N–H and O–H groups in total. The Morgan fingerprint density at radius 2 is 1.94 bits per heavy atom. The van der Waals surface area contributed by atoms with Crippen LogP contribution in [0.1, 0.15) is 24.0 Å². The summed E-state index contributed by atoms with van der Waals surface area (Å²) in [6.45, 7) is 2.84. The second kappa shape index (κ2) is 7.25. The maximum absolute atomic E-state index is 6.16. The number of ether oxygens (including phenoxy) is 1. The van der Waals surface area contributed by atoms with Crippen molar-refractivity contribution in [1.82, 2.24) is 0 Å². The fourth-order valence-corrected chi connectivity index (χ4v) is 2.86. The van der Waals surface area contributed by atoms with Crippen molar-refractivity contribution in [2.45, 2.75) is 25.2 Å². The van der Waals surface area contributed by atoms with Gasteiger partial charge in [0.15, 0.2) is 0 Å². The van der Waals surface area contributed by atoms with E-state index in [1.807, 2.05) is 0 Å². The molecule has 3 heteroatoms. The number of rotatable bonds is 7. The number of hydrogen-bond donors (Lipinski definition) is 0. The summed E-state index contributed by atoms with van der Waals surface area (Å²) in [5.41, 5.74) is 2.35. The first-order valence-corrected chi connectivity index (χ1v) is 6.93. The third-order valence-corrected chi connectivity index (χ3v) is 4.17. The van der Waals surface area contributed by atoms with E-state index in [1.165, 1.54) is 11.1 Å². The minimum Gasteiger partial charge on any atom is -0.385 e. The molecular weight excluding hydrogens is 255 g/mol. The number of halogens is 2. The molecule has 1 aromatic rings. The maximum Gasteiger partial charge on any atom is 0.0462 e. The van der Waals surface area contributed by atoms with Crippen LogP contribution in [0.25, 0.3) is 0 Å². The van der Waals surface area contributed by atoms with E-state index in [1.54, 1.807) is 7.11 Å². The Hall–Kier alpha value is -0.240. The highest BCUT2D eigenvalue weighted by molar-refractivity contribution is 6.22. The molecule has 1 nitrogen and oxygen atoms in total. The smallest absolute Gasteiger partial charge is 0.0462 e. The van der Waals surface area contributed by atoms with E-state index < -0.39 is 0 Å². The molecule has 0 amide bonds. The van der Waals surface area contributed by atoms with E-state index >= 15 is 0 Å². The molecule has 1 aromatic carbocycles. The molecule has 0 fully saturated rings. The van der Waals surface area contributed by atoms with Gasteiger partial charge in [-0.15, -0.1) is 23.2 Å². The Kier molecular flexibility index (Phi) is 6.32. The molecule has 17 heavy (non-hydrogen) atoms. The van der Waals surface area contributed by atoms with Crippen LogP contribution >= 0.6 is 23.2 Å². The number of benzene rings is 1. The van der Waals surface area contributed by atoms with Crippen LogP contribution in [0.15, 0.2) is 24.3 Å². The summed E-state index contributed by atoms with van der Waals surface area (Å²) in [6.07, 6.45) is 1.93. The summed E-state index contributed by atoms with van der Waals surface area (Å²) in [4.78, 5) is 0. The van der Waals surface area contributed by atoms with Crippen molar-refractivity contribution in [3.63, 3.8) is 0 Å². The van der Waals surface area contributed by atoms with E-state index in [-0.39, 0.29) is 5.41 Å². The van der Waals surface area contributed by atoms with E-state index in [0.29, 0.717) is 11.8 Å². The summed E-state index contributed by atoms with van der Waals surface area (Å²) in [5.74, 6) is 1.09. The molecule has 0 saturated carbocycles. The summed E-state index contributed by atoms with van der Waals surface area (Å²) in [6, 6.07) is 8.45. The first-order chi connectivity index (χ1) is 8.18. The number of methoxy groups -OCH3 is 1. The molecule has 0 spiro atoms. The quantitative estimate of drug-likeness (QED) is 0.537. The van der Waals surface area contributed by atoms with E-state index in [9.17, 15) is 0 Å². The normalized spacial score (nSPS) is 11.8. The molecule has 0 bridgehead atoms. The van der Waals surface area contributed by atoms with E-state index in [2.05, 4.69) is 31.2 Å². The van der Waals surface area contributed by atoms with E-state index in [4.69, 9.17) is 27.9 Å². The fourth-order valence-electron chi connectivity index (χ4n) is 2.00. The molecule has 96 valence electrons. The van der Waals surface area contributed by atoms with Gasteiger partial charge in [-0.1, -0.05) is 29.8 Å². The SMILES string of the molecule is COCCCC(CCl)(CCl)c1cccc(C)c1. The zero-order chi connectivity index (χ0) is 12.7. The van der Waals surface area contributed by atoms with Crippen molar-refractivity contribution in [3.8, 4) is 0 Å². The summed E-state index contributed by atoms with van der Waals surface area (Å²) >= 11 is 12.3. The van der Waals surface area contributed by atoms with Crippen LogP contribution in [0.5, 0.6) is 0 Å². The minimum absolute atomic E-state index is 0.131. The Morgan fingerprint density at radius 1 is 1.24 bits per heavy atom. The van der Waals surface area contributed by atoms with Crippen LogP contribution in [0.3, 0.4) is 0 Å². The minimum atomic E-state index is -0.131. The van der Waals surface area contributed by atoms with E-state index in [0.717, 1.165) is 19.4 Å². The van der Waals surface area contributed by atoms with Gasteiger partial charge < -0.3 is 4.74 Å². The summed E-state index contributed by atoms with van der Waals surface area (Å²) in [7, 11) is 1.72. The van der Waals surface area contributed by atoms with Gasteiger partial charge in [-0.25, -0.2) is 0 Å². The van der Waals surface area contributed by atoms with Crippen molar-refractivity contribution in [3.05, 3.63) is 35.4 Å². The van der Waals surface area contributed by atoms with Crippen molar-refractivity contribution in [2.75, 3.05) is 25.5 Å². The van der Waals surface area contributed by atoms with Gasteiger partial charge in [0.1, 0.15) is 0 Å². The summed E-state index contributed by atoms with van der Waals surface area (Å²) in [5, 5.41) is 0. The van der Waals surface area contributed by atoms with Crippen molar-refractivity contribution in [1.29, 1.82) is 0 Å². The number of aryl methyl sites for hydroxylation is 1. The largest absolute Gasteiger partial charge is 0.385 e. The lowest BCUT2D eigenvalue weighted by atomic mass is 9.79. The molecule has 0 aliphatic rings. The van der Waals surface area contributed by atoms with Gasteiger partial charge in [0.2, 0.25) is 0 Å². The Bertz CT molecular complexity index is 335. The lowest BCUT2D eigenvalue weighted by Crippen LogP contribution is -2.31. The molecule has 0 aliphatic carbocycles.